The van der Waals surface area contributed by atoms with E-state index in [1.165, 1.54) is 0 Å². The molecule has 1 aliphatic rings. The number of fused-ring (bicyclic) bond motifs is 2. The Morgan fingerprint density at radius 2 is 1.75 bits per heavy atom. The van der Waals surface area contributed by atoms with Crippen LogP contribution < -0.4 is 9.47 Å². The minimum atomic E-state index is -0.441. The van der Waals surface area contributed by atoms with Gasteiger partial charge in [0.25, 0.3) is 0 Å². The highest BCUT2D eigenvalue weighted by atomic mass is 16.5. The molecule has 1 atom stereocenters. The van der Waals surface area contributed by atoms with Crippen LogP contribution in [0.4, 0.5) is 0 Å². The van der Waals surface area contributed by atoms with Crippen molar-refractivity contribution in [3.8, 4) is 11.5 Å². The number of rotatable bonds is 3. The standard InChI is InChI=1S/C16H16O4/c1-18-15-10-5-3-4-6-11(10)16(19-2)14-12(15)7-8-20-13(14)9-17/h3-8,13,17H,9H2,1-2H3/t13-/m1/s1. The lowest BCUT2D eigenvalue weighted by atomic mass is 9.93. The topological polar surface area (TPSA) is 47.9 Å². The summed E-state index contributed by atoms with van der Waals surface area (Å²) < 4.78 is 16.6. The highest BCUT2D eigenvalue weighted by Gasteiger charge is 2.28. The van der Waals surface area contributed by atoms with Crippen LogP contribution in [-0.2, 0) is 4.74 Å². The average molecular weight is 272 g/mol. The van der Waals surface area contributed by atoms with Crippen molar-refractivity contribution in [3.05, 3.63) is 41.7 Å². The first-order valence-corrected chi connectivity index (χ1v) is 6.41. The molecule has 0 aromatic heterocycles. The molecule has 0 bridgehead atoms. The quantitative estimate of drug-likeness (QED) is 0.933. The third-order valence-electron chi connectivity index (χ3n) is 3.57. The maximum Gasteiger partial charge on any atom is 0.150 e. The van der Waals surface area contributed by atoms with Crippen molar-refractivity contribution in [1.82, 2.24) is 0 Å². The Kier molecular flexibility index (Phi) is 3.24. The van der Waals surface area contributed by atoms with E-state index in [0.29, 0.717) is 0 Å². The van der Waals surface area contributed by atoms with Crippen LogP contribution in [0.25, 0.3) is 16.8 Å². The van der Waals surface area contributed by atoms with Gasteiger partial charge in [0.05, 0.1) is 27.1 Å². The van der Waals surface area contributed by atoms with Crippen LogP contribution in [0.3, 0.4) is 0 Å². The summed E-state index contributed by atoms with van der Waals surface area (Å²) in [6.07, 6.45) is 2.98. The van der Waals surface area contributed by atoms with E-state index in [-0.39, 0.29) is 6.61 Å². The lowest BCUT2D eigenvalue weighted by Gasteiger charge is -2.26. The third kappa shape index (κ3) is 1.72. The highest BCUT2D eigenvalue weighted by Crippen LogP contribution is 2.46. The van der Waals surface area contributed by atoms with Crippen LogP contribution in [0.1, 0.15) is 17.2 Å². The molecule has 0 saturated heterocycles. The molecule has 0 spiro atoms. The first-order chi connectivity index (χ1) is 9.81. The van der Waals surface area contributed by atoms with Crippen molar-refractivity contribution >= 4 is 16.8 Å². The number of benzene rings is 2. The normalized spacial score (nSPS) is 16.6. The molecule has 1 heterocycles. The zero-order chi connectivity index (χ0) is 14.1. The van der Waals surface area contributed by atoms with Crippen LogP contribution in [-0.4, -0.2) is 25.9 Å². The smallest absolute Gasteiger partial charge is 0.150 e. The Balaban J connectivity index is 2.45. The molecule has 3 rings (SSSR count). The van der Waals surface area contributed by atoms with Crippen molar-refractivity contribution in [2.24, 2.45) is 0 Å². The predicted molar refractivity (Wildman–Crippen MR) is 77.0 cm³/mol. The van der Waals surface area contributed by atoms with Crippen LogP contribution >= 0.6 is 0 Å². The van der Waals surface area contributed by atoms with Crippen molar-refractivity contribution in [3.63, 3.8) is 0 Å². The van der Waals surface area contributed by atoms with Gasteiger partial charge in [-0.1, -0.05) is 24.3 Å². The molecule has 1 aliphatic heterocycles. The van der Waals surface area contributed by atoms with Gasteiger partial charge in [0, 0.05) is 21.9 Å². The van der Waals surface area contributed by atoms with Gasteiger partial charge < -0.3 is 19.3 Å². The number of methoxy groups -OCH3 is 2. The summed E-state index contributed by atoms with van der Waals surface area (Å²) in [5.74, 6) is 1.49. The fourth-order valence-corrected chi connectivity index (χ4v) is 2.74. The van der Waals surface area contributed by atoms with E-state index in [9.17, 15) is 5.11 Å². The second kappa shape index (κ2) is 5.06. The number of hydrogen-bond acceptors (Lipinski definition) is 4. The second-order valence-electron chi connectivity index (χ2n) is 4.55. The fourth-order valence-electron chi connectivity index (χ4n) is 2.74. The molecule has 20 heavy (non-hydrogen) atoms. The molecular weight excluding hydrogens is 256 g/mol. The molecule has 0 fully saturated rings. The van der Waals surface area contributed by atoms with Gasteiger partial charge in [0.15, 0.2) is 6.10 Å². The van der Waals surface area contributed by atoms with E-state index < -0.39 is 6.10 Å². The van der Waals surface area contributed by atoms with E-state index in [1.807, 2.05) is 30.3 Å². The Morgan fingerprint density at radius 1 is 1.10 bits per heavy atom. The Hall–Kier alpha value is -2.20. The van der Waals surface area contributed by atoms with Gasteiger partial charge in [-0.25, -0.2) is 0 Å². The predicted octanol–water partition coefficient (Wildman–Crippen LogP) is 2.89. The van der Waals surface area contributed by atoms with E-state index in [0.717, 1.165) is 33.4 Å². The Morgan fingerprint density at radius 3 is 2.35 bits per heavy atom. The molecule has 104 valence electrons. The van der Waals surface area contributed by atoms with Crippen molar-refractivity contribution < 1.29 is 19.3 Å². The number of hydrogen-bond donors (Lipinski definition) is 1. The largest absolute Gasteiger partial charge is 0.496 e. The van der Waals surface area contributed by atoms with Crippen LogP contribution in [0.2, 0.25) is 0 Å². The number of aliphatic hydroxyl groups is 1. The fraction of sp³-hybridized carbons (Fsp3) is 0.250. The molecule has 2 aromatic carbocycles. The Bertz CT molecular complexity index is 676. The Labute approximate surface area is 117 Å². The van der Waals surface area contributed by atoms with E-state index >= 15 is 0 Å². The highest BCUT2D eigenvalue weighted by molar-refractivity contribution is 5.98. The van der Waals surface area contributed by atoms with Gasteiger partial charge in [0.1, 0.15) is 11.5 Å². The van der Waals surface area contributed by atoms with Gasteiger partial charge in [-0.15, -0.1) is 0 Å². The lowest BCUT2D eigenvalue weighted by Crippen LogP contribution is -2.13. The summed E-state index contributed by atoms with van der Waals surface area (Å²) in [6, 6.07) is 7.88. The van der Waals surface area contributed by atoms with Gasteiger partial charge in [-0.3, -0.25) is 0 Å². The van der Waals surface area contributed by atoms with Gasteiger partial charge >= 0.3 is 0 Å². The van der Waals surface area contributed by atoms with Crippen molar-refractivity contribution in [2.45, 2.75) is 6.10 Å². The minimum absolute atomic E-state index is 0.116. The molecule has 2 aromatic rings. The summed E-state index contributed by atoms with van der Waals surface area (Å²) in [4.78, 5) is 0. The summed E-state index contributed by atoms with van der Waals surface area (Å²) in [7, 11) is 3.27. The molecule has 1 N–H and O–H groups in total. The molecule has 0 amide bonds. The third-order valence-corrected chi connectivity index (χ3v) is 3.57. The SMILES string of the molecule is COc1c2c(c(OC)c3ccccc13)[C@@H](CO)OC=C2. The summed E-state index contributed by atoms with van der Waals surface area (Å²) >= 11 is 0. The summed E-state index contributed by atoms with van der Waals surface area (Å²) in [6.45, 7) is -0.116. The maximum absolute atomic E-state index is 9.54. The van der Waals surface area contributed by atoms with Crippen molar-refractivity contribution in [1.29, 1.82) is 0 Å². The van der Waals surface area contributed by atoms with Crippen LogP contribution in [0.15, 0.2) is 30.5 Å². The second-order valence-corrected chi connectivity index (χ2v) is 4.55. The van der Waals surface area contributed by atoms with Crippen LogP contribution in [0.5, 0.6) is 11.5 Å². The summed E-state index contributed by atoms with van der Waals surface area (Å²) in [5.41, 5.74) is 1.72. The molecule has 4 nitrogen and oxygen atoms in total. The van der Waals surface area contributed by atoms with E-state index in [2.05, 4.69) is 0 Å². The number of ether oxygens (including phenoxy) is 3. The molecular formula is C16H16O4. The van der Waals surface area contributed by atoms with E-state index in [1.54, 1.807) is 20.5 Å². The monoisotopic (exact) mass is 272 g/mol. The molecule has 4 heteroatoms. The minimum Gasteiger partial charge on any atom is -0.496 e. The zero-order valence-corrected chi connectivity index (χ0v) is 11.4. The first-order valence-electron chi connectivity index (χ1n) is 6.41. The molecule has 0 radical (unpaired) electrons. The first kappa shape index (κ1) is 12.8. The maximum atomic E-state index is 9.54. The van der Waals surface area contributed by atoms with E-state index in [4.69, 9.17) is 14.2 Å². The van der Waals surface area contributed by atoms with Gasteiger partial charge in [-0.2, -0.15) is 0 Å². The molecule has 0 unspecified atom stereocenters. The summed E-state index contributed by atoms with van der Waals surface area (Å²) in [5, 5.41) is 11.5. The average Bonchev–Trinajstić information content (AvgIpc) is 2.51. The molecule has 0 saturated carbocycles. The zero-order valence-electron chi connectivity index (χ0n) is 11.4. The van der Waals surface area contributed by atoms with Crippen LogP contribution in [0, 0.1) is 0 Å². The van der Waals surface area contributed by atoms with Gasteiger partial charge in [0.2, 0.25) is 0 Å². The molecule has 0 aliphatic carbocycles. The van der Waals surface area contributed by atoms with Gasteiger partial charge in [-0.05, 0) is 6.08 Å². The van der Waals surface area contributed by atoms with Crippen molar-refractivity contribution in [2.75, 3.05) is 20.8 Å². The number of aliphatic hydroxyl groups excluding tert-OH is 1. The lowest BCUT2D eigenvalue weighted by molar-refractivity contribution is 0.0738.